The van der Waals surface area contributed by atoms with Gasteiger partial charge >= 0.3 is 0 Å². The van der Waals surface area contributed by atoms with E-state index in [1.165, 1.54) is 18.2 Å². The lowest BCUT2D eigenvalue weighted by Gasteiger charge is -2.23. The standard InChI is InChI=1S/C15H10O3/c16-11-6-7-13(17)12(9-11)15-8-5-10-3-1-2-4-14(10)18-15/h1-9,15H. The Morgan fingerprint density at radius 1 is 1.00 bits per heavy atom. The molecule has 0 amide bonds. The minimum atomic E-state index is -0.485. The van der Waals surface area contributed by atoms with Gasteiger partial charge in [-0.2, -0.15) is 0 Å². The van der Waals surface area contributed by atoms with E-state index in [4.69, 9.17) is 4.74 Å². The summed E-state index contributed by atoms with van der Waals surface area (Å²) in [7, 11) is 0. The summed E-state index contributed by atoms with van der Waals surface area (Å²) in [5.74, 6) is 0.366. The van der Waals surface area contributed by atoms with Crippen LogP contribution in [0.1, 0.15) is 5.56 Å². The van der Waals surface area contributed by atoms with Crippen LogP contribution in [0, 0.1) is 0 Å². The molecule has 88 valence electrons. The van der Waals surface area contributed by atoms with E-state index in [0.29, 0.717) is 5.57 Å². The van der Waals surface area contributed by atoms with Crippen LogP contribution < -0.4 is 4.74 Å². The first-order chi connectivity index (χ1) is 8.74. The zero-order valence-corrected chi connectivity index (χ0v) is 9.50. The molecular weight excluding hydrogens is 228 g/mol. The van der Waals surface area contributed by atoms with Gasteiger partial charge in [0.05, 0.1) is 0 Å². The number of carbonyl (C=O) groups is 2. The molecule has 1 heterocycles. The molecule has 1 aliphatic heterocycles. The number of hydrogen-bond acceptors (Lipinski definition) is 3. The van der Waals surface area contributed by atoms with E-state index in [0.717, 1.165) is 11.3 Å². The van der Waals surface area contributed by atoms with Gasteiger partial charge in [0.15, 0.2) is 11.6 Å². The van der Waals surface area contributed by atoms with Crippen LogP contribution in [0.15, 0.2) is 54.1 Å². The number of ether oxygens (including phenoxy) is 1. The van der Waals surface area contributed by atoms with Crippen LogP contribution in [0.4, 0.5) is 0 Å². The summed E-state index contributed by atoms with van der Waals surface area (Å²) < 4.78 is 5.73. The normalized spacial score (nSPS) is 21.3. The molecule has 1 unspecified atom stereocenters. The third-order valence-electron chi connectivity index (χ3n) is 2.91. The minimum absolute atomic E-state index is 0.177. The molecule has 1 aromatic rings. The number of carbonyl (C=O) groups excluding carboxylic acids is 2. The van der Waals surface area contributed by atoms with Gasteiger partial charge in [0.25, 0.3) is 0 Å². The molecule has 0 aromatic heterocycles. The average Bonchev–Trinajstić information content (AvgIpc) is 2.41. The number of fused-ring (bicyclic) bond motifs is 1. The summed E-state index contributed by atoms with van der Waals surface area (Å²) in [4.78, 5) is 23.0. The van der Waals surface area contributed by atoms with Gasteiger partial charge in [0.2, 0.25) is 0 Å². The smallest absolute Gasteiger partial charge is 0.186 e. The quantitative estimate of drug-likeness (QED) is 0.704. The van der Waals surface area contributed by atoms with Crippen LogP contribution in [0.3, 0.4) is 0 Å². The summed E-state index contributed by atoms with van der Waals surface area (Å²) >= 11 is 0. The maximum absolute atomic E-state index is 11.7. The third-order valence-corrected chi connectivity index (χ3v) is 2.91. The van der Waals surface area contributed by atoms with E-state index in [1.807, 2.05) is 30.3 Å². The Labute approximate surface area is 104 Å². The van der Waals surface area contributed by atoms with Crippen LogP contribution in [-0.2, 0) is 9.59 Å². The van der Waals surface area contributed by atoms with Crippen LogP contribution in [0.5, 0.6) is 5.75 Å². The lowest BCUT2D eigenvalue weighted by atomic mass is 9.96. The van der Waals surface area contributed by atoms with E-state index in [9.17, 15) is 9.59 Å². The molecule has 1 aromatic carbocycles. The maximum Gasteiger partial charge on any atom is 0.186 e. The van der Waals surface area contributed by atoms with Crippen LogP contribution >= 0.6 is 0 Å². The molecule has 3 heteroatoms. The second-order valence-corrected chi connectivity index (χ2v) is 4.14. The molecule has 0 radical (unpaired) electrons. The highest BCUT2D eigenvalue weighted by molar-refractivity contribution is 6.18. The van der Waals surface area contributed by atoms with E-state index < -0.39 is 6.10 Å². The number of allylic oxidation sites excluding steroid dienone is 3. The summed E-state index contributed by atoms with van der Waals surface area (Å²) in [6, 6.07) is 7.57. The molecule has 2 aliphatic rings. The largest absolute Gasteiger partial charge is 0.481 e. The molecule has 1 atom stereocenters. The van der Waals surface area contributed by atoms with E-state index in [1.54, 1.807) is 6.08 Å². The second-order valence-electron chi connectivity index (χ2n) is 4.14. The number of benzene rings is 1. The first-order valence-electron chi connectivity index (χ1n) is 5.66. The molecule has 18 heavy (non-hydrogen) atoms. The molecular formula is C15H10O3. The van der Waals surface area contributed by atoms with Crippen molar-refractivity contribution in [2.24, 2.45) is 0 Å². The van der Waals surface area contributed by atoms with Crippen molar-refractivity contribution in [2.45, 2.75) is 6.10 Å². The molecule has 3 rings (SSSR count). The van der Waals surface area contributed by atoms with Crippen molar-refractivity contribution in [3.05, 3.63) is 59.7 Å². The van der Waals surface area contributed by atoms with Crippen LogP contribution in [-0.4, -0.2) is 17.7 Å². The third kappa shape index (κ3) is 1.80. The fourth-order valence-electron chi connectivity index (χ4n) is 2.01. The Balaban J connectivity index is 1.93. The van der Waals surface area contributed by atoms with Gasteiger partial charge in [-0.05, 0) is 30.4 Å². The predicted octanol–water partition coefficient (Wildman–Crippen LogP) is 2.10. The van der Waals surface area contributed by atoms with Crippen molar-refractivity contribution in [2.75, 3.05) is 0 Å². The fourth-order valence-corrected chi connectivity index (χ4v) is 2.01. The van der Waals surface area contributed by atoms with Crippen molar-refractivity contribution in [3.63, 3.8) is 0 Å². The SMILES string of the molecule is O=C1C=CC(=O)C(C2C=Cc3ccccc3O2)=C1. The van der Waals surface area contributed by atoms with Gasteiger partial charge in [-0.1, -0.05) is 24.3 Å². The van der Waals surface area contributed by atoms with Crippen molar-refractivity contribution in [1.82, 2.24) is 0 Å². The minimum Gasteiger partial charge on any atom is -0.481 e. The lowest BCUT2D eigenvalue weighted by Crippen LogP contribution is -2.26. The molecule has 1 aliphatic carbocycles. The molecule has 0 spiro atoms. The van der Waals surface area contributed by atoms with Gasteiger partial charge in [-0.15, -0.1) is 0 Å². The van der Waals surface area contributed by atoms with E-state index in [2.05, 4.69) is 0 Å². The Kier molecular flexibility index (Phi) is 2.45. The second kappa shape index (κ2) is 4.11. The van der Waals surface area contributed by atoms with Crippen molar-refractivity contribution >= 4 is 17.6 Å². The molecule has 0 bridgehead atoms. The molecule has 0 saturated heterocycles. The monoisotopic (exact) mass is 238 g/mol. The van der Waals surface area contributed by atoms with Gasteiger partial charge < -0.3 is 4.74 Å². The van der Waals surface area contributed by atoms with Crippen LogP contribution in [0.2, 0.25) is 0 Å². The average molecular weight is 238 g/mol. The summed E-state index contributed by atoms with van der Waals surface area (Å²) in [5.41, 5.74) is 1.35. The number of hydrogen-bond donors (Lipinski definition) is 0. The number of para-hydroxylation sites is 1. The molecule has 0 fully saturated rings. The lowest BCUT2D eigenvalue weighted by molar-refractivity contribution is -0.115. The Hall–Kier alpha value is -2.42. The Morgan fingerprint density at radius 3 is 2.72 bits per heavy atom. The van der Waals surface area contributed by atoms with Gasteiger partial charge in [-0.3, -0.25) is 9.59 Å². The highest BCUT2D eigenvalue weighted by Crippen LogP contribution is 2.28. The highest BCUT2D eigenvalue weighted by Gasteiger charge is 2.24. The van der Waals surface area contributed by atoms with Crippen molar-refractivity contribution < 1.29 is 14.3 Å². The van der Waals surface area contributed by atoms with Crippen molar-refractivity contribution in [1.29, 1.82) is 0 Å². The van der Waals surface area contributed by atoms with Gasteiger partial charge in [0.1, 0.15) is 11.9 Å². The Bertz CT molecular complexity index is 620. The fraction of sp³-hybridized carbons (Fsp3) is 0.0667. The van der Waals surface area contributed by atoms with Crippen molar-refractivity contribution in [3.8, 4) is 5.75 Å². The van der Waals surface area contributed by atoms with Crippen LogP contribution in [0.25, 0.3) is 6.08 Å². The zero-order valence-electron chi connectivity index (χ0n) is 9.50. The molecule has 0 saturated carbocycles. The first kappa shape index (κ1) is 10.7. The van der Waals surface area contributed by atoms with Gasteiger partial charge in [0, 0.05) is 11.1 Å². The Morgan fingerprint density at radius 2 is 1.83 bits per heavy atom. The highest BCUT2D eigenvalue weighted by atomic mass is 16.5. The number of ketones is 2. The topological polar surface area (TPSA) is 43.4 Å². The van der Waals surface area contributed by atoms with Gasteiger partial charge in [-0.25, -0.2) is 0 Å². The summed E-state index contributed by atoms with van der Waals surface area (Å²) in [5, 5.41) is 0. The molecule has 0 N–H and O–H groups in total. The zero-order chi connectivity index (χ0) is 12.5. The number of rotatable bonds is 1. The van der Waals surface area contributed by atoms with E-state index in [-0.39, 0.29) is 11.6 Å². The summed E-state index contributed by atoms with van der Waals surface area (Å²) in [6.45, 7) is 0. The first-order valence-corrected chi connectivity index (χ1v) is 5.66. The molecule has 3 nitrogen and oxygen atoms in total. The maximum atomic E-state index is 11.7. The predicted molar refractivity (Wildman–Crippen MR) is 67.1 cm³/mol. The van der Waals surface area contributed by atoms with E-state index >= 15 is 0 Å². The summed E-state index contributed by atoms with van der Waals surface area (Å²) in [6.07, 6.45) is 7.10.